The minimum absolute atomic E-state index is 0.0213. The fourth-order valence-electron chi connectivity index (χ4n) is 2.76. The molecule has 1 amide bonds. The number of carbonyl (C=O) groups excluding carboxylic acids is 1. The molecule has 3 rings (SSSR count). The number of ether oxygens (including phenoxy) is 1. The number of hydrogen-bond acceptors (Lipinski definition) is 6. The van der Waals surface area contributed by atoms with Crippen LogP contribution in [0.25, 0.3) is 0 Å². The first-order chi connectivity index (χ1) is 12.3. The van der Waals surface area contributed by atoms with Crippen molar-refractivity contribution in [3.8, 4) is 0 Å². The first kappa shape index (κ1) is 18.2. The fraction of sp³-hybridized carbons (Fsp3) is 0.188. The van der Waals surface area contributed by atoms with E-state index in [1.165, 1.54) is 6.07 Å². The molecule has 0 aliphatic carbocycles. The molecule has 0 N–H and O–H groups in total. The van der Waals surface area contributed by atoms with Gasteiger partial charge in [-0.3, -0.25) is 15.0 Å². The van der Waals surface area contributed by atoms with Gasteiger partial charge in [0, 0.05) is 23.3 Å². The van der Waals surface area contributed by atoms with Crippen molar-refractivity contribution in [2.45, 2.75) is 17.9 Å². The minimum Gasteiger partial charge on any atom is -0.444 e. The Morgan fingerprint density at radius 3 is 2.58 bits per heavy atom. The molecular weight excluding hydrogens is 384 g/mol. The monoisotopic (exact) mass is 396 g/mol. The summed E-state index contributed by atoms with van der Waals surface area (Å²) < 4.78 is 28.3. The van der Waals surface area contributed by atoms with Crippen molar-refractivity contribution in [2.75, 3.05) is 11.4 Å². The number of hydrogen-bond donors (Lipinski definition) is 0. The Bertz CT molecular complexity index is 978. The largest absolute Gasteiger partial charge is 0.444 e. The molecule has 0 radical (unpaired) electrons. The summed E-state index contributed by atoms with van der Waals surface area (Å²) in [5.41, 5.74) is 0.668. The zero-order chi connectivity index (χ0) is 18.9. The third kappa shape index (κ3) is 3.63. The highest BCUT2D eigenvalue weighted by Gasteiger charge is 2.35. The number of nitrogens with zero attached hydrogens (tertiary/aromatic N) is 2. The number of benzene rings is 2. The first-order valence-electron chi connectivity index (χ1n) is 7.51. The molecule has 0 aromatic heterocycles. The van der Waals surface area contributed by atoms with Gasteiger partial charge in [0.2, 0.25) is 0 Å². The first-order valence-corrected chi connectivity index (χ1v) is 9.82. The van der Waals surface area contributed by atoms with Crippen molar-refractivity contribution in [1.29, 1.82) is 0 Å². The third-order valence-corrected chi connectivity index (χ3v) is 5.25. The van der Waals surface area contributed by atoms with Gasteiger partial charge in [-0.25, -0.2) is 13.2 Å². The van der Waals surface area contributed by atoms with Crippen LogP contribution in [0.2, 0.25) is 0 Å². The number of carbonyl (C=O) groups is 1. The van der Waals surface area contributed by atoms with E-state index >= 15 is 0 Å². The minimum atomic E-state index is -4.13. The highest BCUT2D eigenvalue weighted by molar-refractivity contribution is 8.13. The lowest BCUT2D eigenvalue weighted by atomic mass is 10.1. The highest BCUT2D eigenvalue weighted by Crippen LogP contribution is 2.40. The molecule has 0 fully saturated rings. The van der Waals surface area contributed by atoms with Gasteiger partial charge in [-0.1, -0.05) is 30.3 Å². The molecule has 10 heteroatoms. The van der Waals surface area contributed by atoms with Crippen LogP contribution in [-0.2, 0) is 26.8 Å². The van der Waals surface area contributed by atoms with E-state index in [0.717, 1.165) is 16.5 Å². The van der Waals surface area contributed by atoms with Crippen molar-refractivity contribution in [3.63, 3.8) is 0 Å². The highest BCUT2D eigenvalue weighted by atomic mass is 35.7. The zero-order valence-corrected chi connectivity index (χ0v) is 14.9. The molecule has 1 aliphatic heterocycles. The SMILES string of the molecule is O=C(OCc1ccccc1)N1CCc2cc(S(=O)(=O)Cl)cc([N+](=O)[O-])c21. The molecule has 26 heavy (non-hydrogen) atoms. The van der Waals surface area contributed by atoms with E-state index in [2.05, 4.69) is 0 Å². The van der Waals surface area contributed by atoms with Crippen LogP contribution in [0.5, 0.6) is 0 Å². The number of rotatable bonds is 4. The van der Waals surface area contributed by atoms with Gasteiger partial charge >= 0.3 is 6.09 Å². The van der Waals surface area contributed by atoms with Gasteiger partial charge in [0.15, 0.2) is 0 Å². The normalized spacial score (nSPS) is 13.3. The Hall–Kier alpha value is -2.65. The van der Waals surface area contributed by atoms with E-state index in [4.69, 9.17) is 15.4 Å². The fourth-order valence-corrected chi connectivity index (χ4v) is 3.56. The van der Waals surface area contributed by atoms with Gasteiger partial charge in [0.1, 0.15) is 12.3 Å². The van der Waals surface area contributed by atoms with Gasteiger partial charge < -0.3 is 4.74 Å². The topological polar surface area (TPSA) is 107 Å². The van der Waals surface area contributed by atoms with Crippen molar-refractivity contribution >= 4 is 37.2 Å². The molecule has 1 aliphatic rings. The molecule has 8 nitrogen and oxygen atoms in total. The maximum absolute atomic E-state index is 12.4. The summed E-state index contributed by atoms with van der Waals surface area (Å²) >= 11 is 0. The summed E-state index contributed by atoms with van der Waals surface area (Å²) in [6.07, 6.45) is -0.478. The standard InChI is InChI=1S/C16H13ClN2O6S/c17-26(23,24)13-8-12-6-7-18(15(12)14(9-13)19(21)22)16(20)25-10-11-4-2-1-3-5-11/h1-5,8-9H,6-7,10H2. The molecule has 2 aromatic carbocycles. The van der Waals surface area contributed by atoms with Crippen molar-refractivity contribution in [3.05, 3.63) is 63.7 Å². The van der Waals surface area contributed by atoms with Crippen LogP contribution >= 0.6 is 10.7 Å². The number of anilines is 1. The summed E-state index contributed by atoms with van der Waals surface area (Å²) in [7, 11) is 1.17. The molecule has 0 bridgehead atoms. The number of nitro groups is 1. The predicted octanol–water partition coefficient (Wildman–Crippen LogP) is 3.22. The van der Waals surface area contributed by atoms with E-state index < -0.39 is 25.8 Å². The molecule has 0 atom stereocenters. The molecule has 0 spiro atoms. The summed E-state index contributed by atoms with van der Waals surface area (Å²) in [6, 6.07) is 11.1. The van der Waals surface area contributed by atoms with E-state index in [1.807, 2.05) is 6.07 Å². The molecule has 0 saturated heterocycles. The molecule has 2 aromatic rings. The summed E-state index contributed by atoms with van der Waals surface area (Å²) in [4.78, 5) is 23.8. The molecule has 0 saturated carbocycles. The van der Waals surface area contributed by atoms with Crippen molar-refractivity contribution in [1.82, 2.24) is 0 Å². The Labute approximate surface area is 153 Å². The Morgan fingerprint density at radius 2 is 1.96 bits per heavy atom. The smallest absolute Gasteiger partial charge is 0.414 e. The molecule has 0 unspecified atom stereocenters. The quantitative estimate of drug-likeness (QED) is 0.446. The number of fused-ring (bicyclic) bond motifs is 1. The van der Waals surface area contributed by atoms with Crippen molar-refractivity contribution in [2.24, 2.45) is 0 Å². The third-order valence-electron chi connectivity index (χ3n) is 3.92. The second-order valence-electron chi connectivity index (χ2n) is 5.59. The summed E-state index contributed by atoms with van der Waals surface area (Å²) in [5, 5.41) is 11.4. The van der Waals surface area contributed by atoms with E-state index in [0.29, 0.717) is 5.56 Å². The number of amides is 1. The van der Waals surface area contributed by atoms with E-state index in [-0.39, 0.29) is 30.2 Å². The number of halogens is 1. The Morgan fingerprint density at radius 1 is 1.27 bits per heavy atom. The van der Waals surface area contributed by atoms with Crippen LogP contribution in [-0.4, -0.2) is 26.0 Å². The second-order valence-corrected chi connectivity index (χ2v) is 8.15. The summed E-state index contributed by atoms with van der Waals surface area (Å²) in [6.45, 7) is 0.170. The maximum Gasteiger partial charge on any atom is 0.414 e. The van der Waals surface area contributed by atoms with Crippen LogP contribution in [0.4, 0.5) is 16.2 Å². The average molecular weight is 397 g/mol. The van der Waals surface area contributed by atoms with Gasteiger partial charge in [0.05, 0.1) is 9.82 Å². The van der Waals surface area contributed by atoms with E-state index in [1.54, 1.807) is 24.3 Å². The maximum atomic E-state index is 12.4. The Kier molecular flexibility index (Phi) is 4.84. The van der Waals surface area contributed by atoms with E-state index in [9.17, 15) is 23.3 Å². The lowest BCUT2D eigenvalue weighted by molar-refractivity contribution is -0.384. The average Bonchev–Trinajstić information content (AvgIpc) is 3.03. The number of nitro benzene ring substituents is 1. The van der Waals surface area contributed by atoms with Crippen LogP contribution in [0.3, 0.4) is 0 Å². The van der Waals surface area contributed by atoms with Crippen molar-refractivity contribution < 1.29 is 22.9 Å². The molecular formula is C16H13ClN2O6S. The van der Waals surface area contributed by atoms with Crippen LogP contribution < -0.4 is 4.90 Å². The lowest BCUT2D eigenvalue weighted by Crippen LogP contribution is -2.30. The van der Waals surface area contributed by atoms with Crippen LogP contribution in [0.1, 0.15) is 11.1 Å². The Balaban J connectivity index is 1.90. The van der Waals surface area contributed by atoms with Gasteiger partial charge in [-0.15, -0.1) is 0 Å². The summed E-state index contributed by atoms with van der Waals surface area (Å²) in [5.74, 6) is 0. The van der Waals surface area contributed by atoms with Gasteiger partial charge in [0.25, 0.3) is 14.7 Å². The second kappa shape index (κ2) is 6.93. The zero-order valence-electron chi connectivity index (χ0n) is 13.3. The van der Waals surface area contributed by atoms with Gasteiger partial charge in [-0.05, 0) is 23.6 Å². The predicted molar refractivity (Wildman–Crippen MR) is 93.8 cm³/mol. The van der Waals surface area contributed by atoms with Crippen LogP contribution in [0, 0.1) is 10.1 Å². The lowest BCUT2D eigenvalue weighted by Gasteiger charge is -2.17. The van der Waals surface area contributed by atoms with Gasteiger partial charge in [-0.2, -0.15) is 0 Å². The van der Waals surface area contributed by atoms with Crippen LogP contribution in [0.15, 0.2) is 47.4 Å². The molecule has 136 valence electrons. The molecule has 1 heterocycles.